The van der Waals surface area contributed by atoms with Crippen molar-refractivity contribution in [2.24, 2.45) is 11.7 Å². The molecule has 3 N–H and O–H groups in total. The lowest BCUT2D eigenvalue weighted by atomic mass is 9.99. The second-order valence-electron chi connectivity index (χ2n) is 5.26. The van der Waals surface area contributed by atoms with Crippen molar-refractivity contribution in [3.63, 3.8) is 0 Å². The van der Waals surface area contributed by atoms with E-state index in [9.17, 15) is 8.42 Å². The Labute approximate surface area is 126 Å². The third-order valence-corrected chi connectivity index (χ3v) is 5.39. The van der Waals surface area contributed by atoms with Gasteiger partial charge in [0, 0.05) is 19.6 Å². The van der Waals surface area contributed by atoms with Gasteiger partial charge in [-0.15, -0.1) is 0 Å². The number of nitrogens with zero attached hydrogens (tertiary/aromatic N) is 1. The standard InChI is InChI=1S/C14H23N3O3S/c1-20-14-4-2-3-13(9-14)11-16-21(18,19)17-7-5-12(10-15)6-8-17/h2-4,9,12,16H,5-8,10-11,15H2,1H3. The van der Waals surface area contributed by atoms with E-state index in [2.05, 4.69) is 4.72 Å². The summed E-state index contributed by atoms with van der Waals surface area (Å²) in [7, 11) is -1.84. The fraction of sp³-hybridized carbons (Fsp3) is 0.571. The molecule has 21 heavy (non-hydrogen) atoms. The molecule has 0 bridgehead atoms. The summed E-state index contributed by atoms with van der Waals surface area (Å²) >= 11 is 0. The summed E-state index contributed by atoms with van der Waals surface area (Å²) in [6.45, 7) is 1.96. The number of hydrogen-bond acceptors (Lipinski definition) is 4. The van der Waals surface area contributed by atoms with Crippen molar-refractivity contribution >= 4 is 10.2 Å². The molecule has 0 atom stereocenters. The highest BCUT2D eigenvalue weighted by Gasteiger charge is 2.26. The predicted molar refractivity (Wildman–Crippen MR) is 82.1 cm³/mol. The van der Waals surface area contributed by atoms with E-state index in [1.807, 2.05) is 24.3 Å². The van der Waals surface area contributed by atoms with Gasteiger partial charge >= 0.3 is 0 Å². The topological polar surface area (TPSA) is 84.7 Å². The van der Waals surface area contributed by atoms with Crippen molar-refractivity contribution in [2.75, 3.05) is 26.7 Å². The molecule has 1 heterocycles. The summed E-state index contributed by atoms with van der Waals surface area (Å²) in [6, 6.07) is 7.36. The minimum atomic E-state index is -3.43. The molecule has 1 fully saturated rings. The van der Waals surface area contributed by atoms with Crippen LogP contribution < -0.4 is 15.2 Å². The first-order valence-corrected chi connectivity index (χ1v) is 8.57. The van der Waals surface area contributed by atoms with E-state index in [1.54, 1.807) is 7.11 Å². The molecule has 6 nitrogen and oxygen atoms in total. The molecule has 0 unspecified atom stereocenters. The van der Waals surface area contributed by atoms with Crippen LogP contribution in [0, 0.1) is 5.92 Å². The van der Waals surface area contributed by atoms with Crippen molar-refractivity contribution in [3.05, 3.63) is 29.8 Å². The highest BCUT2D eigenvalue weighted by molar-refractivity contribution is 7.87. The average molecular weight is 313 g/mol. The molecule has 118 valence electrons. The van der Waals surface area contributed by atoms with Crippen molar-refractivity contribution in [2.45, 2.75) is 19.4 Å². The van der Waals surface area contributed by atoms with E-state index in [0.29, 0.717) is 25.6 Å². The van der Waals surface area contributed by atoms with Crippen LogP contribution in [0.4, 0.5) is 0 Å². The Balaban J connectivity index is 1.92. The first-order chi connectivity index (χ1) is 10.0. The Kier molecular flexibility index (Phi) is 5.58. The van der Waals surface area contributed by atoms with E-state index in [-0.39, 0.29) is 6.54 Å². The molecule has 1 aliphatic rings. The predicted octanol–water partition coefficient (Wildman–Crippen LogP) is 0.700. The molecule has 1 aliphatic heterocycles. The van der Waals surface area contributed by atoms with E-state index in [0.717, 1.165) is 24.2 Å². The second kappa shape index (κ2) is 7.22. The van der Waals surface area contributed by atoms with Gasteiger partial charge in [-0.25, -0.2) is 0 Å². The van der Waals surface area contributed by atoms with E-state index in [1.165, 1.54) is 4.31 Å². The summed E-state index contributed by atoms with van der Waals surface area (Å²) in [5.41, 5.74) is 6.49. The van der Waals surface area contributed by atoms with Gasteiger partial charge in [-0.3, -0.25) is 0 Å². The lowest BCUT2D eigenvalue weighted by molar-refractivity contribution is 0.275. The van der Waals surface area contributed by atoms with Crippen LogP contribution in [0.1, 0.15) is 18.4 Å². The van der Waals surface area contributed by atoms with Gasteiger partial charge in [-0.2, -0.15) is 17.4 Å². The molecule has 0 amide bonds. The number of methoxy groups -OCH3 is 1. The summed E-state index contributed by atoms with van der Waals surface area (Å²) in [6.07, 6.45) is 1.66. The highest BCUT2D eigenvalue weighted by atomic mass is 32.2. The minimum Gasteiger partial charge on any atom is -0.497 e. The van der Waals surface area contributed by atoms with Gasteiger partial charge in [0.25, 0.3) is 10.2 Å². The molecular formula is C14H23N3O3S. The van der Waals surface area contributed by atoms with Crippen LogP contribution in [0.3, 0.4) is 0 Å². The maximum Gasteiger partial charge on any atom is 0.279 e. The first-order valence-electron chi connectivity index (χ1n) is 7.13. The lowest BCUT2D eigenvalue weighted by Gasteiger charge is -2.30. The third-order valence-electron chi connectivity index (χ3n) is 3.84. The molecular weight excluding hydrogens is 290 g/mol. The fourth-order valence-corrected chi connectivity index (χ4v) is 3.66. The Morgan fingerprint density at radius 3 is 2.71 bits per heavy atom. The van der Waals surface area contributed by atoms with Crippen LogP contribution in [-0.4, -0.2) is 39.5 Å². The summed E-state index contributed by atoms with van der Waals surface area (Å²) < 4.78 is 33.8. The number of nitrogens with two attached hydrogens (primary N) is 1. The summed E-state index contributed by atoms with van der Waals surface area (Å²) in [5, 5.41) is 0. The smallest absolute Gasteiger partial charge is 0.279 e. The van der Waals surface area contributed by atoms with Crippen molar-refractivity contribution in [3.8, 4) is 5.75 Å². The van der Waals surface area contributed by atoms with Gasteiger partial charge in [0.15, 0.2) is 0 Å². The van der Waals surface area contributed by atoms with Crippen molar-refractivity contribution < 1.29 is 13.2 Å². The minimum absolute atomic E-state index is 0.260. The zero-order valence-electron chi connectivity index (χ0n) is 12.3. The van der Waals surface area contributed by atoms with Crippen LogP contribution in [0.5, 0.6) is 5.75 Å². The number of ether oxygens (including phenoxy) is 1. The van der Waals surface area contributed by atoms with Crippen LogP contribution >= 0.6 is 0 Å². The maximum atomic E-state index is 12.3. The van der Waals surface area contributed by atoms with Gasteiger partial charge in [0.1, 0.15) is 5.75 Å². The fourth-order valence-electron chi connectivity index (χ4n) is 2.43. The van der Waals surface area contributed by atoms with E-state index < -0.39 is 10.2 Å². The maximum absolute atomic E-state index is 12.3. The number of piperidine rings is 1. The average Bonchev–Trinajstić information content (AvgIpc) is 2.53. The highest BCUT2D eigenvalue weighted by Crippen LogP contribution is 2.18. The summed E-state index contributed by atoms with van der Waals surface area (Å²) in [5.74, 6) is 1.16. The number of hydrogen-bond donors (Lipinski definition) is 2. The summed E-state index contributed by atoms with van der Waals surface area (Å²) in [4.78, 5) is 0. The Morgan fingerprint density at radius 1 is 1.38 bits per heavy atom. The van der Waals surface area contributed by atoms with Gasteiger partial charge in [-0.1, -0.05) is 12.1 Å². The zero-order valence-corrected chi connectivity index (χ0v) is 13.1. The van der Waals surface area contributed by atoms with Crippen LogP contribution in [0.2, 0.25) is 0 Å². The Morgan fingerprint density at radius 2 is 2.10 bits per heavy atom. The van der Waals surface area contributed by atoms with Crippen LogP contribution in [-0.2, 0) is 16.8 Å². The number of rotatable bonds is 6. The van der Waals surface area contributed by atoms with Crippen LogP contribution in [0.25, 0.3) is 0 Å². The largest absolute Gasteiger partial charge is 0.497 e. The van der Waals surface area contributed by atoms with Gasteiger partial charge in [0.05, 0.1) is 7.11 Å². The quantitative estimate of drug-likeness (QED) is 0.809. The van der Waals surface area contributed by atoms with Crippen molar-refractivity contribution in [1.29, 1.82) is 0 Å². The van der Waals surface area contributed by atoms with Crippen LogP contribution in [0.15, 0.2) is 24.3 Å². The molecule has 0 aliphatic carbocycles. The molecule has 2 rings (SSSR count). The second-order valence-corrected chi connectivity index (χ2v) is 7.01. The van der Waals surface area contributed by atoms with E-state index in [4.69, 9.17) is 10.5 Å². The molecule has 0 saturated carbocycles. The lowest BCUT2D eigenvalue weighted by Crippen LogP contribution is -2.45. The molecule has 0 aromatic heterocycles. The van der Waals surface area contributed by atoms with Crippen molar-refractivity contribution in [1.82, 2.24) is 9.03 Å². The molecule has 1 saturated heterocycles. The molecule has 1 aromatic carbocycles. The normalized spacial score (nSPS) is 17.8. The van der Waals surface area contributed by atoms with Gasteiger partial charge in [0.2, 0.25) is 0 Å². The third kappa shape index (κ3) is 4.41. The number of nitrogens with one attached hydrogen (secondary N) is 1. The zero-order chi connectivity index (χ0) is 15.3. The first kappa shape index (κ1) is 16.2. The Hall–Kier alpha value is -1.15. The Bertz CT molecular complexity index is 554. The molecule has 1 aromatic rings. The SMILES string of the molecule is COc1cccc(CNS(=O)(=O)N2CCC(CN)CC2)c1. The monoisotopic (exact) mass is 313 g/mol. The van der Waals surface area contributed by atoms with E-state index >= 15 is 0 Å². The van der Waals surface area contributed by atoms with Gasteiger partial charge in [-0.05, 0) is 43.0 Å². The number of benzene rings is 1. The van der Waals surface area contributed by atoms with Gasteiger partial charge < -0.3 is 10.5 Å². The molecule has 7 heteroatoms. The molecule has 0 radical (unpaired) electrons. The molecule has 0 spiro atoms.